The van der Waals surface area contributed by atoms with E-state index < -0.39 is 16.1 Å². The van der Waals surface area contributed by atoms with E-state index in [1.165, 1.54) is 12.4 Å². The van der Waals surface area contributed by atoms with E-state index in [0.29, 0.717) is 24.0 Å². The predicted molar refractivity (Wildman–Crippen MR) is 137 cm³/mol. The minimum Gasteiger partial charge on any atom is -0.341 e. The highest BCUT2D eigenvalue weighted by atomic mass is 32.2. The smallest absolute Gasteiger partial charge is 0.263 e. The maximum Gasteiger partial charge on any atom is 0.263 e. The topological polar surface area (TPSA) is 97.2 Å². The number of aromatic nitrogens is 3. The lowest BCUT2D eigenvalue weighted by Crippen LogP contribution is -2.41. The van der Waals surface area contributed by atoms with Crippen molar-refractivity contribution in [2.45, 2.75) is 36.6 Å². The van der Waals surface area contributed by atoms with Gasteiger partial charge in [-0.15, -0.1) is 0 Å². The van der Waals surface area contributed by atoms with E-state index >= 15 is 0 Å². The van der Waals surface area contributed by atoms with Crippen molar-refractivity contribution >= 4 is 43.5 Å². The molecular formula is C24H28FN5O3S2. The Hall–Kier alpha value is -3.31. The first-order chi connectivity index (χ1) is 16.8. The van der Waals surface area contributed by atoms with E-state index in [1.54, 1.807) is 30.5 Å². The van der Waals surface area contributed by atoms with Gasteiger partial charge in [-0.25, -0.2) is 17.8 Å². The SMILES string of the molecule is C[C@H](C(=O)N1CCC(c2ccc(S(=O)(=O)Nc3ncns3)cc2)CC1)n1ccc2c(F)cccc21.[HH].[HH]. The summed E-state index contributed by atoms with van der Waals surface area (Å²) in [7, 11) is -3.72. The predicted octanol–water partition coefficient (Wildman–Crippen LogP) is 4.89. The maximum atomic E-state index is 14.0. The molecule has 8 nitrogen and oxygen atoms in total. The standard InChI is InChI=1S/C24H24FN5O3S2.2H2/c1-16(30-14-11-20-21(25)3-2-4-22(20)30)23(31)29-12-9-18(10-13-29)17-5-7-19(8-6-17)35(32,33)28-24-26-15-27-34-24;;/h2-8,11,14-16,18H,9-10,12-13H2,1H3,(H,26,27,28);2*1H/t16-;;/m1../s1. The van der Waals surface area contributed by atoms with Gasteiger partial charge in [-0.3, -0.25) is 9.52 Å². The van der Waals surface area contributed by atoms with Gasteiger partial charge in [0.25, 0.3) is 10.0 Å². The lowest BCUT2D eigenvalue weighted by molar-refractivity contribution is -0.135. The van der Waals surface area contributed by atoms with Gasteiger partial charge in [0.1, 0.15) is 18.2 Å². The second kappa shape index (κ2) is 9.38. The molecule has 1 N–H and O–H groups in total. The molecule has 11 heteroatoms. The van der Waals surface area contributed by atoms with Crippen molar-refractivity contribution in [3.63, 3.8) is 0 Å². The van der Waals surface area contributed by atoms with E-state index in [2.05, 4.69) is 14.1 Å². The van der Waals surface area contributed by atoms with E-state index in [-0.39, 0.29) is 30.5 Å². The fourth-order valence-electron chi connectivity index (χ4n) is 4.62. The van der Waals surface area contributed by atoms with Crippen LogP contribution in [0.1, 0.15) is 40.1 Å². The zero-order chi connectivity index (χ0) is 24.6. The van der Waals surface area contributed by atoms with Crippen molar-refractivity contribution in [1.82, 2.24) is 18.8 Å². The largest absolute Gasteiger partial charge is 0.341 e. The van der Waals surface area contributed by atoms with Gasteiger partial charge < -0.3 is 9.47 Å². The molecule has 1 amide bonds. The van der Waals surface area contributed by atoms with Gasteiger partial charge in [-0.1, -0.05) is 18.2 Å². The van der Waals surface area contributed by atoms with Crippen LogP contribution in [0.4, 0.5) is 9.52 Å². The highest BCUT2D eigenvalue weighted by Crippen LogP contribution is 2.31. The van der Waals surface area contributed by atoms with Gasteiger partial charge in [-0.05, 0) is 61.6 Å². The summed E-state index contributed by atoms with van der Waals surface area (Å²) in [5.74, 6) is -0.0466. The summed E-state index contributed by atoms with van der Waals surface area (Å²) in [6.07, 6.45) is 4.63. The molecule has 0 bridgehead atoms. The Morgan fingerprint density at radius 3 is 2.60 bits per heavy atom. The van der Waals surface area contributed by atoms with Gasteiger partial charge in [0.05, 0.1) is 10.4 Å². The average molecular weight is 518 g/mol. The molecule has 1 aliphatic rings. The number of fused-ring (bicyclic) bond motifs is 1. The molecule has 3 heterocycles. The number of carbonyl (C=O) groups is 1. The van der Waals surface area contributed by atoms with Crippen LogP contribution in [0.3, 0.4) is 0 Å². The molecular weight excluding hydrogens is 489 g/mol. The molecule has 1 atom stereocenters. The summed E-state index contributed by atoms with van der Waals surface area (Å²) in [6, 6.07) is 13.0. The molecule has 1 fully saturated rings. The van der Waals surface area contributed by atoms with Crippen LogP contribution in [0, 0.1) is 5.82 Å². The minimum absolute atomic E-state index is 0. The minimum atomic E-state index is -3.72. The average Bonchev–Trinajstić information content (AvgIpc) is 3.54. The number of amides is 1. The summed E-state index contributed by atoms with van der Waals surface area (Å²) < 4.78 is 47.1. The Balaban J connectivity index is 0.00000190. The van der Waals surface area contributed by atoms with E-state index in [1.807, 2.05) is 34.6 Å². The number of anilines is 1. The van der Waals surface area contributed by atoms with Gasteiger partial charge in [0.2, 0.25) is 11.0 Å². The Labute approximate surface area is 209 Å². The van der Waals surface area contributed by atoms with E-state index in [0.717, 1.165) is 29.9 Å². The fourth-order valence-corrected chi connectivity index (χ4v) is 6.28. The Kier molecular flexibility index (Phi) is 6.28. The lowest BCUT2D eigenvalue weighted by atomic mass is 9.89. The summed E-state index contributed by atoms with van der Waals surface area (Å²) in [4.78, 5) is 19.1. The number of rotatable bonds is 6. The van der Waals surface area contributed by atoms with Crippen molar-refractivity contribution in [2.24, 2.45) is 0 Å². The van der Waals surface area contributed by atoms with E-state index in [4.69, 9.17) is 0 Å². The van der Waals surface area contributed by atoms with Crippen LogP contribution in [0.25, 0.3) is 10.9 Å². The van der Waals surface area contributed by atoms with Crippen LogP contribution in [-0.4, -0.2) is 46.2 Å². The summed E-state index contributed by atoms with van der Waals surface area (Å²) in [5.41, 5.74) is 1.75. The number of piperidine rings is 1. The molecule has 4 aromatic rings. The van der Waals surface area contributed by atoms with Crippen LogP contribution < -0.4 is 4.72 Å². The molecule has 1 saturated heterocycles. The molecule has 186 valence electrons. The van der Waals surface area contributed by atoms with Crippen molar-refractivity contribution in [3.8, 4) is 0 Å². The second-order valence-corrected chi connectivity index (χ2v) is 11.1. The molecule has 0 spiro atoms. The van der Waals surface area contributed by atoms with Gasteiger partial charge >= 0.3 is 0 Å². The maximum absolute atomic E-state index is 14.0. The molecule has 0 radical (unpaired) electrons. The number of benzene rings is 2. The molecule has 5 rings (SSSR count). The second-order valence-electron chi connectivity index (χ2n) is 8.59. The van der Waals surface area contributed by atoms with Gasteiger partial charge in [0.15, 0.2) is 0 Å². The van der Waals surface area contributed by atoms with Gasteiger partial charge in [-0.2, -0.15) is 4.37 Å². The van der Waals surface area contributed by atoms with Crippen LogP contribution in [-0.2, 0) is 14.8 Å². The molecule has 35 heavy (non-hydrogen) atoms. The normalized spacial score (nSPS) is 15.9. The summed E-state index contributed by atoms with van der Waals surface area (Å²) in [5, 5.41) is 0.730. The number of likely N-dealkylation sites (tertiary alicyclic amines) is 1. The van der Waals surface area contributed by atoms with E-state index in [9.17, 15) is 17.6 Å². The van der Waals surface area contributed by atoms with Crippen LogP contribution in [0.5, 0.6) is 0 Å². The quantitative estimate of drug-likeness (QED) is 0.393. The van der Waals surface area contributed by atoms with Crippen molar-refractivity contribution in [2.75, 3.05) is 17.8 Å². The Morgan fingerprint density at radius 2 is 1.91 bits per heavy atom. The third-order valence-electron chi connectivity index (χ3n) is 6.54. The zero-order valence-electron chi connectivity index (χ0n) is 19.0. The Bertz CT molecular complexity index is 1460. The third-order valence-corrected chi connectivity index (χ3v) is 8.60. The fraction of sp³-hybridized carbons (Fsp3) is 0.292. The number of carbonyl (C=O) groups excluding carboxylic acids is 1. The number of hydrogen-bond donors (Lipinski definition) is 1. The first-order valence-corrected chi connectivity index (χ1v) is 13.5. The molecule has 0 unspecified atom stereocenters. The van der Waals surface area contributed by atoms with Crippen LogP contribution in [0.15, 0.2) is 66.0 Å². The molecule has 1 aliphatic heterocycles. The highest BCUT2D eigenvalue weighted by Gasteiger charge is 2.28. The Morgan fingerprint density at radius 1 is 1.17 bits per heavy atom. The molecule has 0 saturated carbocycles. The lowest BCUT2D eigenvalue weighted by Gasteiger charge is -2.34. The van der Waals surface area contributed by atoms with Crippen molar-refractivity contribution < 1.29 is 20.5 Å². The van der Waals surface area contributed by atoms with Crippen LogP contribution in [0.2, 0.25) is 0 Å². The number of nitrogens with one attached hydrogen (secondary N) is 1. The highest BCUT2D eigenvalue weighted by molar-refractivity contribution is 7.93. The number of sulfonamides is 1. The number of nitrogens with zero attached hydrogens (tertiary/aromatic N) is 4. The number of halogens is 1. The molecule has 2 aromatic heterocycles. The van der Waals surface area contributed by atoms with Crippen molar-refractivity contribution in [1.29, 1.82) is 0 Å². The summed E-state index contributed by atoms with van der Waals surface area (Å²) in [6.45, 7) is 3.06. The zero-order valence-corrected chi connectivity index (χ0v) is 20.6. The molecule has 0 aliphatic carbocycles. The van der Waals surface area contributed by atoms with Gasteiger partial charge in [0, 0.05) is 39.1 Å². The first kappa shape index (κ1) is 23.4. The third kappa shape index (κ3) is 4.65. The first-order valence-electron chi connectivity index (χ1n) is 11.3. The van der Waals surface area contributed by atoms with Crippen molar-refractivity contribution in [3.05, 3.63) is 72.4 Å². The monoisotopic (exact) mass is 517 g/mol. The van der Waals surface area contributed by atoms with Crippen LogP contribution >= 0.6 is 11.5 Å². The number of hydrogen-bond acceptors (Lipinski definition) is 6. The summed E-state index contributed by atoms with van der Waals surface area (Å²) >= 11 is 0.973. The molecule has 2 aromatic carbocycles.